The van der Waals surface area contributed by atoms with Crippen LogP contribution in [-0.4, -0.2) is 24.1 Å². The summed E-state index contributed by atoms with van der Waals surface area (Å²) in [6, 6.07) is 76.1. The highest BCUT2D eigenvalue weighted by atomic mass is 15.2. The van der Waals surface area contributed by atoms with Gasteiger partial charge in [-0.15, -0.1) is 0 Å². The molecule has 0 saturated heterocycles. The molecule has 65 heavy (non-hydrogen) atoms. The third-order valence-corrected chi connectivity index (χ3v) is 13.6. The van der Waals surface area contributed by atoms with Gasteiger partial charge in [-0.25, -0.2) is 4.98 Å². The number of para-hydroxylation sites is 2. The average Bonchev–Trinajstić information content (AvgIpc) is 3.97. The van der Waals surface area contributed by atoms with Crippen LogP contribution in [0.3, 0.4) is 0 Å². The van der Waals surface area contributed by atoms with E-state index >= 15 is 0 Å². The van der Waals surface area contributed by atoms with Gasteiger partial charge in [-0.3, -0.25) is 4.57 Å². The van der Waals surface area contributed by atoms with Crippen LogP contribution in [0.15, 0.2) is 212 Å². The molecule has 0 radical (unpaired) electrons. The number of fused-ring (bicyclic) bond motifs is 10. The molecular formula is C60H41N5. The first-order chi connectivity index (χ1) is 32.0. The van der Waals surface area contributed by atoms with E-state index in [1.54, 1.807) is 0 Å². The number of hydrogen-bond donors (Lipinski definition) is 0. The topological polar surface area (TPSA) is 48.5 Å². The molecule has 1 aliphatic carbocycles. The Balaban J connectivity index is 1.16. The zero-order chi connectivity index (χ0) is 43.2. The van der Waals surface area contributed by atoms with Crippen molar-refractivity contribution in [2.75, 3.05) is 0 Å². The van der Waals surface area contributed by atoms with Gasteiger partial charge in [0.25, 0.3) is 0 Å². The van der Waals surface area contributed by atoms with Crippen LogP contribution in [0.5, 0.6) is 0 Å². The monoisotopic (exact) mass is 831 g/mol. The number of nitrogens with zero attached hydrogens (tertiary/aromatic N) is 5. The SMILES string of the molecule is CC1(C)c2ccccc2-c2cc(-c3ccc(-c4ccccc4)cc3)cc(-n3c4ccccc4c4ccc5c6ccccc6n(-c6nc(-c7ccccc7)nc(-c7ccccc7)n6)c5c43)c21. The molecular weight excluding hydrogens is 791 g/mol. The first-order valence-corrected chi connectivity index (χ1v) is 22.3. The molecule has 0 aliphatic heterocycles. The van der Waals surface area contributed by atoms with Gasteiger partial charge >= 0.3 is 0 Å². The smallest absolute Gasteiger partial charge is 0.238 e. The van der Waals surface area contributed by atoms with Gasteiger partial charge in [0.1, 0.15) is 0 Å². The number of benzene rings is 9. The summed E-state index contributed by atoms with van der Waals surface area (Å²) < 4.78 is 4.84. The molecule has 0 N–H and O–H groups in total. The van der Waals surface area contributed by atoms with Crippen molar-refractivity contribution < 1.29 is 0 Å². The highest BCUT2D eigenvalue weighted by molar-refractivity contribution is 6.24. The molecule has 13 rings (SSSR count). The second kappa shape index (κ2) is 14.3. The summed E-state index contributed by atoms with van der Waals surface area (Å²) in [6.07, 6.45) is 0. The van der Waals surface area contributed by atoms with Crippen molar-refractivity contribution in [3.63, 3.8) is 0 Å². The van der Waals surface area contributed by atoms with E-state index in [0.29, 0.717) is 17.6 Å². The predicted octanol–water partition coefficient (Wildman–Crippen LogP) is 15.0. The van der Waals surface area contributed by atoms with Crippen LogP contribution in [0.2, 0.25) is 0 Å². The second-order valence-electron chi connectivity index (χ2n) is 17.6. The molecule has 9 aromatic carbocycles. The summed E-state index contributed by atoms with van der Waals surface area (Å²) in [5.41, 5.74) is 17.0. The Kier molecular flexibility index (Phi) is 8.18. The van der Waals surface area contributed by atoms with E-state index in [1.807, 2.05) is 36.4 Å². The normalized spacial score (nSPS) is 12.9. The lowest BCUT2D eigenvalue weighted by atomic mass is 9.81. The van der Waals surface area contributed by atoms with Gasteiger partial charge in [0.05, 0.1) is 27.8 Å². The van der Waals surface area contributed by atoms with E-state index in [9.17, 15) is 0 Å². The molecule has 306 valence electrons. The minimum Gasteiger partial charge on any atom is -0.307 e. The zero-order valence-electron chi connectivity index (χ0n) is 35.9. The summed E-state index contributed by atoms with van der Waals surface area (Å²) in [6.45, 7) is 4.77. The number of hydrogen-bond acceptors (Lipinski definition) is 3. The van der Waals surface area contributed by atoms with E-state index in [-0.39, 0.29) is 5.41 Å². The molecule has 0 fully saturated rings. The lowest BCUT2D eigenvalue weighted by Gasteiger charge is -2.26. The molecule has 12 aromatic rings. The summed E-state index contributed by atoms with van der Waals surface area (Å²) in [5, 5.41) is 4.62. The summed E-state index contributed by atoms with van der Waals surface area (Å²) in [4.78, 5) is 15.8. The van der Waals surface area contributed by atoms with E-state index in [1.165, 1.54) is 49.9 Å². The summed E-state index contributed by atoms with van der Waals surface area (Å²) in [5.74, 6) is 1.81. The third-order valence-electron chi connectivity index (χ3n) is 13.6. The van der Waals surface area contributed by atoms with Gasteiger partial charge in [-0.05, 0) is 68.8 Å². The lowest BCUT2D eigenvalue weighted by molar-refractivity contribution is 0.657. The minimum atomic E-state index is -0.293. The highest BCUT2D eigenvalue weighted by Crippen LogP contribution is 2.54. The van der Waals surface area contributed by atoms with Crippen LogP contribution in [0.25, 0.3) is 111 Å². The van der Waals surface area contributed by atoms with Crippen LogP contribution in [0.1, 0.15) is 25.0 Å². The maximum absolute atomic E-state index is 5.36. The maximum atomic E-state index is 5.36. The van der Waals surface area contributed by atoms with Crippen LogP contribution >= 0.6 is 0 Å². The van der Waals surface area contributed by atoms with Crippen LogP contribution in [0.4, 0.5) is 0 Å². The standard InChI is InChI=1S/C60H41N5/c1-60(2)50-27-15-12-24-44(50)49-36-43(40-32-30-39(31-33-40)38-18-6-3-7-19-38)37-53(54(49)60)64-51-28-16-13-25-45(51)47-34-35-48-46-26-14-17-29-52(46)65(56(48)55(47)64)59-62-57(41-20-8-4-9-21-41)61-58(63-59)42-22-10-5-11-23-42/h3-37H,1-2H3. The molecule has 5 heteroatoms. The molecule has 0 saturated carbocycles. The molecule has 0 spiro atoms. The van der Waals surface area contributed by atoms with Gasteiger partial charge < -0.3 is 4.57 Å². The molecule has 0 atom stereocenters. The lowest BCUT2D eigenvalue weighted by Crippen LogP contribution is -2.18. The number of rotatable bonds is 6. The zero-order valence-corrected chi connectivity index (χ0v) is 35.9. The second-order valence-corrected chi connectivity index (χ2v) is 17.6. The molecule has 0 unspecified atom stereocenters. The maximum Gasteiger partial charge on any atom is 0.238 e. The first kappa shape index (κ1) is 37.2. The Bertz CT molecular complexity index is 3770. The van der Waals surface area contributed by atoms with Crippen LogP contribution < -0.4 is 0 Å². The molecule has 1 aliphatic rings. The van der Waals surface area contributed by atoms with Crippen molar-refractivity contribution in [1.29, 1.82) is 0 Å². The Morgan fingerprint density at radius 2 is 0.815 bits per heavy atom. The van der Waals surface area contributed by atoms with Crippen molar-refractivity contribution in [2.24, 2.45) is 0 Å². The number of aromatic nitrogens is 5. The quantitative estimate of drug-likeness (QED) is 0.168. The molecule has 5 nitrogen and oxygen atoms in total. The van der Waals surface area contributed by atoms with Gasteiger partial charge in [-0.2, -0.15) is 9.97 Å². The van der Waals surface area contributed by atoms with Gasteiger partial charge in [0.15, 0.2) is 11.6 Å². The van der Waals surface area contributed by atoms with Gasteiger partial charge in [0.2, 0.25) is 5.95 Å². The highest BCUT2D eigenvalue weighted by Gasteiger charge is 2.39. The average molecular weight is 832 g/mol. The van der Waals surface area contributed by atoms with E-state index in [0.717, 1.165) is 55.0 Å². The van der Waals surface area contributed by atoms with Crippen molar-refractivity contribution in [3.8, 4) is 67.8 Å². The fraction of sp³-hybridized carbons (Fsp3) is 0.0500. The largest absolute Gasteiger partial charge is 0.307 e. The van der Waals surface area contributed by atoms with Gasteiger partial charge in [0, 0.05) is 38.1 Å². The van der Waals surface area contributed by atoms with Crippen LogP contribution in [-0.2, 0) is 5.41 Å². The fourth-order valence-electron chi connectivity index (χ4n) is 10.6. The third kappa shape index (κ3) is 5.68. The van der Waals surface area contributed by atoms with Gasteiger partial charge in [-0.1, -0.05) is 202 Å². The Morgan fingerprint density at radius 1 is 0.354 bits per heavy atom. The van der Waals surface area contributed by atoms with E-state index in [2.05, 4.69) is 199 Å². The Morgan fingerprint density at radius 3 is 1.42 bits per heavy atom. The Hall–Kier alpha value is -8.41. The van der Waals surface area contributed by atoms with Crippen molar-refractivity contribution in [1.82, 2.24) is 24.1 Å². The predicted molar refractivity (Wildman–Crippen MR) is 268 cm³/mol. The summed E-state index contributed by atoms with van der Waals surface area (Å²) >= 11 is 0. The molecule has 0 amide bonds. The van der Waals surface area contributed by atoms with Crippen LogP contribution in [0, 0.1) is 0 Å². The van der Waals surface area contributed by atoms with Crippen molar-refractivity contribution >= 4 is 43.6 Å². The summed E-state index contributed by atoms with van der Waals surface area (Å²) in [7, 11) is 0. The van der Waals surface area contributed by atoms with E-state index < -0.39 is 0 Å². The molecule has 0 bridgehead atoms. The van der Waals surface area contributed by atoms with Crippen molar-refractivity contribution in [2.45, 2.75) is 19.3 Å². The molecule has 3 aromatic heterocycles. The first-order valence-electron chi connectivity index (χ1n) is 22.3. The minimum absolute atomic E-state index is 0.293. The molecule has 3 heterocycles. The fourth-order valence-corrected chi connectivity index (χ4v) is 10.6. The van der Waals surface area contributed by atoms with E-state index in [4.69, 9.17) is 15.0 Å². The van der Waals surface area contributed by atoms with Crippen molar-refractivity contribution in [3.05, 3.63) is 223 Å². The Labute approximate surface area is 376 Å².